The monoisotopic (exact) mass is 572 g/mol. The second-order valence-corrected chi connectivity index (χ2v) is 10.3. The summed E-state index contributed by atoms with van der Waals surface area (Å²) in [5, 5.41) is 14.8. The van der Waals surface area contributed by atoms with Gasteiger partial charge in [0, 0.05) is 11.8 Å². The Morgan fingerprint density at radius 3 is 2.63 bits per heavy atom. The van der Waals surface area contributed by atoms with Crippen molar-refractivity contribution in [2.75, 3.05) is 17.2 Å². The van der Waals surface area contributed by atoms with Gasteiger partial charge in [0.25, 0.3) is 0 Å². The molecule has 1 aromatic carbocycles. The number of alkyl halides is 3. The molecule has 0 saturated carbocycles. The zero-order valence-corrected chi connectivity index (χ0v) is 22.7. The number of fused-ring (bicyclic) bond motifs is 2. The number of aromatic nitrogens is 4. The third-order valence-electron chi connectivity index (χ3n) is 7.14. The lowest BCUT2D eigenvalue weighted by Crippen LogP contribution is -2.36. The van der Waals surface area contributed by atoms with E-state index in [-0.39, 0.29) is 35.4 Å². The molecule has 9 nitrogen and oxygen atoms in total. The van der Waals surface area contributed by atoms with Gasteiger partial charge in [-0.15, -0.1) is 0 Å². The van der Waals surface area contributed by atoms with Crippen LogP contribution in [0.25, 0.3) is 17.2 Å². The highest BCUT2D eigenvalue weighted by Gasteiger charge is 2.44. The van der Waals surface area contributed by atoms with Crippen LogP contribution in [0.3, 0.4) is 0 Å². The molecule has 1 atom stereocenters. The molecule has 0 radical (unpaired) electrons. The van der Waals surface area contributed by atoms with Gasteiger partial charge in [0.15, 0.2) is 23.3 Å². The maximum absolute atomic E-state index is 14.5. The number of pyridine rings is 1. The zero-order chi connectivity index (χ0) is 29.7. The van der Waals surface area contributed by atoms with Gasteiger partial charge in [-0.25, -0.2) is 19.3 Å². The van der Waals surface area contributed by atoms with Crippen LogP contribution in [-0.4, -0.2) is 49.2 Å². The highest BCUT2D eigenvalue weighted by atomic mass is 19.4. The third-order valence-corrected chi connectivity index (χ3v) is 7.14. The van der Waals surface area contributed by atoms with Crippen LogP contribution in [0.4, 0.5) is 29.2 Å². The molecule has 13 heteroatoms. The first-order chi connectivity index (χ1) is 19.3. The molecular weight excluding hydrogens is 544 g/mol. The van der Waals surface area contributed by atoms with E-state index < -0.39 is 30.1 Å². The van der Waals surface area contributed by atoms with Gasteiger partial charge in [-0.1, -0.05) is 19.1 Å². The Bertz CT molecular complexity index is 1650. The molecule has 4 heterocycles. The van der Waals surface area contributed by atoms with E-state index in [0.29, 0.717) is 34.8 Å². The Hall–Kier alpha value is -4.26. The number of rotatable bonds is 8. The molecular formula is C28H28F4N6O3. The summed E-state index contributed by atoms with van der Waals surface area (Å²) in [5.74, 6) is -0.204. The predicted molar refractivity (Wildman–Crippen MR) is 143 cm³/mol. The van der Waals surface area contributed by atoms with Crippen molar-refractivity contribution >= 4 is 23.2 Å². The summed E-state index contributed by atoms with van der Waals surface area (Å²) >= 11 is 0. The van der Waals surface area contributed by atoms with Gasteiger partial charge < -0.3 is 20.5 Å². The molecule has 4 aromatic rings. The molecule has 1 amide bonds. The topological polar surface area (TPSA) is 114 Å². The van der Waals surface area contributed by atoms with E-state index >= 15 is 0 Å². The molecule has 41 heavy (non-hydrogen) atoms. The second-order valence-electron chi connectivity index (χ2n) is 10.3. The van der Waals surface area contributed by atoms with Crippen molar-refractivity contribution in [2.24, 2.45) is 0 Å². The Balaban J connectivity index is 1.56. The minimum atomic E-state index is -4.84. The molecule has 216 valence electrons. The quantitative estimate of drug-likeness (QED) is 0.256. The Kier molecular flexibility index (Phi) is 7.10. The highest BCUT2D eigenvalue weighted by Crippen LogP contribution is 2.42. The predicted octanol–water partition coefficient (Wildman–Crippen LogP) is 4.95. The van der Waals surface area contributed by atoms with Gasteiger partial charge in [-0.3, -0.25) is 9.20 Å². The van der Waals surface area contributed by atoms with Gasteiger partial charge >= 0.3 is 6.18 Å². The lowest BCUT2D eigenvalue weighted by Gasteiger charge is -2.21. The average Bonchev–Trinajstić information content (AvgIpc) is 3.37. The number of halogens is 4. The number of carbonyl (C=O) groups is 1. The number of aryl methyl sites for hydroxylation is 2. The fraction of sp³-hybridized carbons (Fsp3) is 0.357. The van der Waals surface area contributed by atoms with Gasteiger partial charge in [0.1, 0.15) is 29.8 Å². The van der Waals surface area contributed by atoms with Crippen molar-refractivity contribution in [2.45, 2.75) is 58.4 Å². The number of carbonyl (C=O) groups excluding carboxylic acids is 1. The van der Waals surface area contributed by atoms with Gasteiger partial charge in [-0.2, -0.15) is 13.2 Å². The van der Waals surface area contributed by atoms with Crippen molar-refractivity contribution in [3.8, 4) is 17.3 Å². The van der Waals surface area contributed by atoms with Crippen LogP contribution in [0.5, 0.6) is 5.75 Å². The van der Waals surface area contributed by atoms with E-state index in [1.54, 1.807) is 49.6 Å². The summed E-state index contributed by atoms with van der Waals surface area (Å²) < 4.78 is 61.2. The summed E-state index contributed by atoms with van der Waals surface area (Å²) in [5.41, 5.74) is 1.69. The SMILES string of the molecule is CCc1cccc(F)c1COc1cccn2c(-c3nc(NCC(O)C(F)(F)F)c4c(n3)NC(=O)C4(C)C)c(C)nc12. The number of benzene rings is 1. The van der Waals surface area contributed by atoms with Crippen molar-refractivity contribution in [3.05, 3.63) is 64.7 Å². The van der Waals surface area contributed by atoms with Crippen LogP contribution in [0, 0.1) is 12.7 Å². The molecule has 1 aliphatic heterocycles. The summed E-state index contributed by atoms with van der Waals surface area (Å²) in [6, 6.07) is 8.25. The van der Waals surface area contributed by atoms with Crippen LogP contribution in [-0.2, 0) is 23.2 Å². The second kappa shape index (κ2) is 10.3. The van der Waals surface area contributed by atoms with Crippen LogP contribution in [0.15, 0.2) is 36.5 Å². The number of nitrogens with zero attached hydrogens (tertiary/aromatic N) is 4. The maximum Gasteiger partial charge on any atom is 0.416 e. The number of ether oxygens (including phenoxy) is 1. The molecule has 0 bridgehead atoms. The van der Waals surface area contributed by atoms with E-state index in [0.717, 1.165) is 5.56 Å². The molecule has 5 rings (SSSR count). The highest BCUT2D eigenvalue weighted by molar-refractivity contribution is 6.06. The van der Waals surface area contributed by atoms with Crippen LogP contribution < -0.4 is 15.4 Å². The van der Waals surface area contributed by atoms with E-state index in [4.69, 9.17) is 4.74 Å². The van der Waals surface area contributed by atoms with Gasteiger partial charge in [0.05, 0.1) is 23.2 Å². The van der Waals surface area contributed by atoms with E-state index in [1.807, 2.05) is 13.0 Å². The van der Waals surface area contributed by atoms with Gasteiger partial charge in [0.2, 0.25) is 5.91 Å². The summed E-state index contributed by atoms with van der Waals surface area (Å²) in [6.07, 6.45) is -5.17. The van der Waals surface area contributed by atoms with Crippen LogP contribution in [0.1, 0.15) is 43.2 Å². The minimum absolute atomic E-state index is 0.0231. The number of amides is 1. The van der Waals surface area contributed by atoms with E-state index in [1.165, 1.54) is 6.07 Å². The Morgan fingerprint density at radius 2 is 1.93 bits per heavy atom. The van der Waals surface area contributed by atoms with Crippen LogP contribution in [0.2, 0.25) is 0 Å². The maximum atomic E-state index is 14.5. The summed E-state index contributed by atoms with van der Waals surface area (Å²) in [7, 11) is 0. The lowest BCUT2D eigenvalue weighted by molar-refractivity contribution is -0.198. The molecule has 0 fully saturated rings. The molecule has 3 aromatic heterocycles. The molecule has 1 aliphatic rings. The number of aliphatic hydroxyl groups excluding tert-OH is 1. The zero-order valence-electron chi connectivity index (χ0n) is 22.7. The fourth-order valence-electron chi connectivity index (χ4n) is 4.85. The first-order valence-corrected chi connectivity index (χ1v) is 12.9. The minimum Gasteiger partial charge on any atom is -0.485 e. The third kappa shape index (κ3) is 5.05. The molecule has 0 aliphatic carbocycles. The first-order valence-electron chi connectivity index (χ1n) is 12.9. The van der Waals surface area contributed by atoms with E-state index in [9.17, 15) is 27.5 Å². The first kappa shape index (κ1) is 28.3. The molecule has 3 N–H and O–H groups in total. The van der Waals surface area contributed by atoms with Crippen molar-refractivity contribution in [3.63, 3.8) is 0 Å². The number of hydrogen-bond donors (Lipinski definition) is 3. The number of anilines is 2. The Labute approximate surface area is 232 Å². The number of hydrogen-bond acceptors (Lipinski definition) is 7. The number of imidazole rings is 1. The Morgan fingerprint density at radius 1 is 1.17 bits per heavy atom. The molecule has 0 spiro atoms. The fourth-order valence-corrected chi connectivity index (χ4v) is 4.85. The molecule has 1 unspecified atom stereocenters. The largest absolute Gasteiger partial charge is 0.485 e. The number of aliphatic hydroxyl groups is 1. The van der Waals surface area contributed by atoms with Crippen molar-refractivity contribution in [1.82, 2.24) is 19.4 Å². The van der Waals surface area contributed by atoms with E-state index in [2.05, 4.69) is 25.6 Å². The summed E-state index contributed by atoms with van der Waals surface area (Å²) in [6.45, 7) is 5.93. The van der Waals surface area contributed by atoms with Gasteiger partial charge in [-0.05, 0) is 51.0 Å². The van der Waals surface area contributed by atoms with Crippen molar-refractivity contribution in [1.29, 1.82) is 0 Å². The smallest absolute Gasteiger partial charge is 0.416 e. The van der Waals surface area contributed by atoms with Crippen molar-refractivity contribution < 1.29 is 32.2 Å². The standard InChI is InChI=1S/C28H28F4N6O3/c1-5-15-8-6-9-17(29)16(15)13-41-18-10-7-11-38-21(14(2)34-25(18)38)24-35-22(33-12-19(39)28(30,31)32)20-23(36-24)37-26(40)27(20,3)4/h6-11,19,39H,5,12-13H2,1-4H3,(H2,33,35,36,37,40). The normalized spacial score (nSPS) is 15.1. The molecule has 0 saturated heterocycles. The lowest BCUT2D eigenvalue weighted by atomic mass is 9.87. The average molecular weight is 573 g/mol. The van der Waals surface area contributed by atoms with Crippen LogP contribution >= 0.6 is 0 Å². The number of nitrogens with one attached hydrogen (secondary N) is 2. The summed E-state index contributed by atoms with van der Waals surface area (Å²) in [4.78, 5) is 26.3.